The Balaban J connectivity index is 1.82. The second kappa shape index (κ2) is 6.68. The van der Waals surface area contributed by atoms with Crippen molar-refractivity contribution in [1.82, 2.24) is 9.55 Å². The van der Waals surface area contributed by atoms with Crippen molar-refractivity contribution >= 4 is 17.5 Å². The standard InChI is InChI=1S/C20H23N3OS/c1-11-8-17(15(5)23(11)16-6-7-16)19(24)10-25-20-18(9-21)13(3)12(2)14(4)22-20/h8,16H,6-7,10H2,1-5H3. The van der Waals surface area contributed by atoms with E-state index in [9.17, 15) is 10.1 Å². The number of carbonyl (C=O) groups is 1. The third kappa shape index (κ3) is 3.23. The molecule has 0 aromatic carbocycles. The molecular formula is C20H23N3OS. The number of hydrogen-bond donors (Lipinski definition) is 0. The summed E-state index contributed by atoms with van der Waals surface area (Å²) in [5.74, 6) is 0.407. The Morgan fingerprint density at radius 2 is 1.96 bits per heavy atom. The Bertz CT molecular complexity index is 901. The summed E-state index contributed by atoms with van der Waals surface area (Å²) in [6, 6.07) is 4.82. The highest BCUT2D eigenvalue weighted by molar-refractivity contribution is 8.00. The normalized spacial score (nSPS) is 13.8. The van der Waals surface area contributed by atoms with Crippen molar-refractivity contribution in [2.24, 2.45) is 0 Å². The average Bonchev–Trinajstić information content (AvgIpc) is 3.35. The summed E-state index contributed by atoms with van der Waals surface area (Å²) >= 11 is 1.37. The van der Waals surface area contributed by atoms with Crippen LogP contribution in [0.25, 0.3) is 0 Å². The van der Waals surface area contributed by atoms with E-state index in [1.165, 1.54) is 24.6 Å². The predicted molar refractivity (Wildman–Crippen MR) is 100 cm³/mol. The molecule has 25 heavy (non-hydrogen) atoms. The van der Waals surface area contributed by atoms with Crippen LogP contribution in [-0.2, 0) is 0 Å². The van der Waals surface area contributed by atoms with Crippen LogP contribution in [0, 0.1) is 45.9 Å². The van der Waals surface area contributed by atoms with E-state index in [2.05, 4.69) is 22.5 Å². The Hall–Kier alpha value is -2.06. The Labute approximate surface area is 153 Å². The molecule has 1 saturated carbocycles. The number of carbonyl (C=O) groups excluding carboxylic acids is 1. The van der Waals surface area contributed by atoms with E-state index in [1.54, 1.807) is 0 Å². The van der Waals surface area contributed by atoms with E-state index in [4.69, 9.17) is 0 Å². The molecule has 0 aliphatic heterocycles. The van der Waals surface area contributed by atoms with Gasteiger partial charge in [-0.05, 0) is 64.7 Å². The molecule has 2 heterocycles. The molecule has 2 aromatic heterocycles. The van der Waals surface area contributed by atoms with Gasteiger partial charge in [0.1, 0.15) is 11.1 Å². The molecule has 0 bridgehead atoms. The van der Waals surface area contributed by atoms with Gasteiger partial charge in [-0.1, -0.05) is 11.8 Å². The first-order valence-electron chi connectivity index (χ1n) is 8.57. The van der Waals surface area contributed by atoms with Gasteiger partial charge in [-0.25, -0.2) is 4.98 Å². The van der Waals surface area contributed by atoms with Crippen LogP contribution in [0.2, 0.25) is 0 Å². The topological polar surface area (TPSA) is 58.7 Å². The third-order valence-electron chi connectivity index (χ3n) is 5.11. The Morgan fingerprint density at radius 1 is 1.28 bits per heavy atom. The molecule has 2 aromatic rings. The summed E-state index contributed by atoms with van der Waals surface area (Å²) in [6.45, 7) is 9.96. The van der Waals surface area contributed by atoms with Crippen molar-refractivity contribution in [2.75, 3.05) is 5.75 Å². The van der Waals surface area contributed by atoms with Gasteiger partial charge < -0.3 is 4.57 Å². The van der Waals surface area contributed by atoms with Crippen LogP contribution in [0.15, 0.2) is 11.1 Å². The molecule has 0 unspecified atom stereocenters. The van der Waals surface area contributed by atoms with Crippen molar-refractivity contribution in [3.63, 3.8) is 0 Å². The largest absolute Gasteiger partial charge is 0.345 e. The molecule has 0 spiro atoms. The highest BCUT2D eigenvalue weighted by Gasteiger charge is 2.28. The number of aryl methyl sites for hydroxylation is 2. The summed E-state index contributed by atoms with van der Waals surface area (Å²) in [4.78, 5) is 17.3. The summed E-state index contributed by atoms with van der Waals surface area (Å²) < 4.78 is 2.29. The second-order valence-corrected chi connectivity index (χ2v) is 7.80. The highest BCUT2D eigenvalue weighted by Crippen LogP contribution is 2.38. The van der Waals surface area contributed by atoms with Crippen LogP contribution >= 0.6 is 11.8 Å². The molecule has 0 radical (unpaired) electrons. The predicted octanol–water partition coefficient (Wildman–Crippen LogP) is 4.61. The van der Waals surface area contributed by atoms with Gasteiger partial charge in [-0.3, -0.25) is 4.79 Å². The van der Waals surface area contributed by atoms with E-state index in [1.807, 2.05) is 33.8 Å². The van der Waals surface area contributed by atoms with Gasteiger partial charge in [0.2, 0.25) is 0 Å². The summed E-state index contributed by atoms with van der Waals surface area (Å²) in [5, 5.41) is 10.1. The van der Waals surface area contributed by atoms with E-state index in [-0.39, 0.29) is 5.78 Å². The molecule has 5 heteroatoms. The number of nitrogens with zero attached hydrogens (tertiary/aromatic N) is 3. The minimum atomic E-state index is 0.103. The maximum Gasteiger partial charge on any atom is 0.174 e. The molecule has 130 valence electrons. The Kier molecular flexibility index (Phi) is 4.75. The zero-order valence-electron chi connectivity index (χ0n) is 15.4. The molecule has 1 aliphatic rings. The first-order valence-corrected chi connectivity index (χ1v) is 9.56. The monoisotopic (exact) mass is 353 g/mol. The Morgan fingerprint density at radius 3 is 2.56 bits per heavy atom. The molecule has 3 rings (SSSR count). The van der Waals surface area contributed by atoms with Crippen LogP contribution in [0.1, 0.15) is 63.0 Å². The van der Waals surface area contributed by atoms with Crippen molar-refractivity contribution in [3.05, 3.63) is 45.4 Å². The minimum absolute atomic E-state index is 0.103. The van der Waals surface area contributed by atoms with Crippen LogP contribution in [0.5, 0.6) is 0 Å². The van der Waals surface area contributed by atoms with Gasteiger partial charge in [-0.15, -0.1) is 0 Å². The van der Waals surface area contributed by atoms with Gasteiger partial charge >= 0.3 is 0 Å². The lowest BCUT2D eigenvalue weighted by molar-refractivity contribution is 0.102. The SMILES string of the molecule is Cc1nc(SCC(=O)c2cc(C)n(C3CC3)c2C)c(C#N)c(C)c1C. The van der Waals surface area contributed by atoms with Crippen molar-refractivity contribution in [1.29, 1.82) is 5.26 Å². The van der Waals surface area contributed by atoms with Crippen LogP contribution in [0.3, 0.4) is 0 Å². The molecule has 4 nitrogen and oxygen atoms in total. The van der Waals surface area contributed by atoms with E-state index < -0.39 is 0 Å². The first kappa shape index (κ1) is 17.8. The van der Waals surface area contributed by atoms with Crippen LogP contribution in [-0.4, -0.2) is 21.1 Å². The van der Waals surface area contributed by atoms with Gasteiger partial charge in [0.05, 0.1) is 11.3 Å². The third-order valence-corrected chi connectivity index (χ3v) is 6.09. The first-order chi connectivity index (χ1) is 11.8. The maximum atomic E-state index is 12.7. The number of thioether (sulfide) groups is 1. The summed E-state index contributed by atoms with van der Waals surface area (Å²) in [5.41, 5.74) is 6.53. The summed E-state index contributed by atoms with van der Waals surface area (Å²) in [7, 11) is 0. The van der Waals surface area contributed by atoms with Gasteiger partial charge in [0, 0.05) is 28.7 Å². The fourth-order valence-corrected chi connectivity index (χ4v) is 4.28. The molecule has 0 saturated heterocycles. The van der Waals surface area contributed by atoms with Crippen molar-refractivity contribution < 1.29 is 4.79 Å². The van der Waals surface area contributed by atoms with E-state index >= 15 is 0 Å². The van der Waals surface area contributed by atoms with Gasteiger partial charge in [0.15, 0.2) is 5.78 Å². The fraction of sp³-hybridized carbons (Fsp3) is 0.450. The number of aromatic nitrogens is 2. The van der Waals surface area contributed by atoms with Crippen LogP contribution in [0.4, 0.5) is 0 Å². The van der Waals surface area contributed by atoms with Gasteiger partial charge in [-0.2, -0.15) is 5.26 Å². The highest BCUT2D eigenvalue weighted by atomic mass is 32.2. The molecule has 1 aliphatic carbocycles. The molecule has 1 fully saturated rings. The zero-order valence-corrected chi connectivity index (χ0v) is 16.3. The minimum Gasteiger partial charge on any atom is -0.345 e. The van der Waals surface area contributed by atoms with E-state index in [0.29, 0.717) is 22.4 Å². The lowest BCUT2D eigenvalue weighted by atomic mass is 10.1. The molecular weight excluding hydrogens is 330 g/mol. The number of hydrogen-bond acceptors (Lipinski definition) is 4. The lowest BCUT2D eigenvalue weighted by Gasteiger charge is -2.11. The van der Waals surface area contributed by atoms with Crippen LogP contribution < -0.4 is 0 Å². The smallest absolute Gasteiger partial charge is 0.174 e. The number of ketones is 1. The van der Waals surface area contributed by atoms with E-state index in [0.717, 1.165) is 33.8 Å². The second-order valence-electron chi connectivity index (χ2n) is 6.84. The summed E-state index contributed by atoms with van der Waals surface area (Å²) in [6.07, 6.45) is 2.41. The van der Waals surface area contributed by atoms with Crippen molar-refractivity contribution in [3.8, 4) is 6.07 Å². The molecule has 0 atom stereocenters. The van der Waals surface area contributed by atoms with Gasteiger partial charge in [0.25, 0.3) is 0 Å². The van der Waals surface area contributed by atoms with Crippen molar-refractivity contribution in [2.45, 2.75) is 58.5 Å². The lowest BCUT2D eigenvalue weighted by Crippen LogP contribution is -2.07. The number of pyridine rings is 1. The number of rotatable bonds is 5. The molecule has 0 amide bonds. The molecule has 0 N–H and O–H groups in total. The zero-order chi connectivity index (χ0) is 18.3. The average molecular weight is 353 g/mol. The number of Topliss-reactive ketones (excluding diaryl/α,β-unsaturated/α-hetero) is 1. The number of nitriles is 1. The fourth-order valence-electron chi connectivity index (χ4n) is 3.31. The quantitative estimate of drug-likeness (QED) is 0.582. The maximum absolute atomic E-state index is 12.7.